The third-order valence-electron chi connectivity index (χ3n) is 1.27. The zero-order valence-corrected chi connectivity index (χ0v) is 7.68. The van der Waals surface area contributed by atoms with Crippen molar-refractivity contribution in [3.63, 3.8) is 0 Å². The summed E-state index contributed by atoms with van der Waals surface area (Å²) in [7, 11) is 1.24. The molecular weight excluding hydrogens is 188 g/mol. The Morgan fingerprint density at radius 2 is 2.00 bits per heavy atom. The molecule has 0 aromatic carbocycles. The van der Waals surface area contributed by atoms with E-state index in [1.54, 1.807) is 0 Å². The number of nitrogens with zero attached hydrogens (tertiary/aromatic N) is 2. The largest absolute Gasteiger partial charge is 0.464 e. The van der Waals surface area contributed by atoms with Gasteiger partial charge in [-0.2, -0.15) is 0 Å². The Morgan fingerprint density at radius 1 is 1.29 bits per heavy atom. The van der Waals surface area contributed by atoms with Gasteiger partial charge in [0.15, 0.2) is 5.69 Å². The lowest BCUT2D eigenvalue weighted by Gasteiger charge is -2.00. The monoisotopic (exact) mass is 196 g/mol. The number of hydrogen-bond donors (Lipinski definition) is 0. The molecule has 0 bridgehead atoms. The van der Waals surface area contributed by atoms with Crippen LogP contribution >= 0.6 is 0 Å². The van der Waals surface area contributed by atoms with Gasteiger partial charge in [0.25, 0.3) is 0 Å². The first-order chi connectivity index (χ1) is 6.63. The maximum Gasteiger partial charge on any atom is 0.358 e. The molecule has 1 aromatic rings. The van der Waals surface area contributed by atoms with E-state index in [4.69, 9.17) is 0 Å². The van der Waals surface area contributed by atoms with Crippen LogP contribution in [0.2, 0.25) is 0 Å². The van der Waals surface area contributed by atoms with E-state index in [0.717, 1.165) is 0 Å². The molecule has 14 heavy (non-hydrogen) atoms. The summed E-state index contributed by atoms with van der Waals surface area (Å²) in [4.78, 5) is 28.8. The Labute approximate surface area is 79.9 Å². The SMILES string of the molecule is COC(=O)c1cnc(OC(C)=O)cn1. The molecule has 0 aliphatic rings. The average molecular weight is 196 g/mol. The Morgan fingerprint density at radius 3 is 2.43 bits per heavy atom. The van der Waals surface area contributed by atoms with Gasteiger partial charge < -0.3 is 9.47 Å². The van der Waals surface area contributed by atoms with Crippen LogP contribution in [0, 0.1) is 0 Å². The number of aromatic nitrogens is 2. The van der Waals surface area contributed by atoms with E-state index in [1.807, 2.05) is 0 Å². The summed E-state index contributed by atoms with van der Waals surface area (Å²) in [5.41, 5.74) is 0.0587. The van der Waals surface area contributed by atoms with E-state index in [9.17, 15) is 9.59 Å². The third-order valence-corrected chi connectivity index (χ3v) is 1.27. The van der Waals surface area contributed by atoms with Gasteiger partial charge in [-0.05, 0) is 0 Å². The fourth-order valence-electron chi connectivity index (χ4n) is 0.726. The second-order valence-electron chi connectivity index (χ2n) is 2.33. The lowest BCUT2D eigenvalue weighted by Crippen LogP contribution is -2.07. The van der Waals surface area contributed by atoms with Crippen LogP contribution in [0.15, 0.2) is 12.4 Å². The van der Waals surface area contributed by atoms with E-state index in [0.29, 0.717) is 0 Å². The number of esters is 2. The predicted octanol–water partition coefficient (Wildman–Crippen LogP) is 0.188. The van der Waals surface area contributed by atoms with Gasteiger partial charge in [0.1, 0.15) is 0 Å². The molecule has 0 spiro atoms. The molecule has 1 heterocycles. The van der Waals surface area contributed by atoms with Gasteiger partial charge in [0.05, 0.1) is 19.5 Å². The van der Waals surface area contributed by atoms with Crippen molar-refractivity contribution in [2.45, 2.75) is 6.92 Å². The minimum Gasteiger partial charge on any atom is -0.464 e. The molecule has 0 N–H and O–H groups in total. The number of carbonyl (C=O) groups is 2. The maximum absolute atomic E-state index is 10.9. The average Bonchev–Trinajstić information content (AvgIpc) is 2.17. The zero-order valence-electron chi connectivity index (χ0n) is 7.68. The molecule has 0 atom stereocenters. The molecule has 0 aliphatic carbocycles. The second-order valence-corrected chi connectivity index (χ2v) is 2.33. The van der Waals surface area contributed by atoms with Gasteiger partial charge in [0.2, 0.25) is 5.88 Å². The molecule has 74 valence electrons. The Hall–Kier alpha value is -1.98. The number of methoxy groups -OCH3 is 1. The molecule has 0 saturated heterocycles. The molecule has 6 nitrogen and oxygen atoms in total. The summed E-state index contributed by atoms with van der Waals surface area (Å²) in [6.07, 6.45) is 2.34. The van der Waals surface area contributed by atoms with Gasteiger partial charge >= 0.3 is 11.9 Å². The second kappa shape index (κ2) is 4.31. The van der Waals surface area contributed by atoms with Gasteiger partial charge in [-0.3, -0.25) is 4.79 Å². The quantitative estimate of drug-likeness (QED) is 0.628. The molecule has 0 aliphatic heterocycles. The highest BCUT2D eigenvalue weighted by Crippen LogP contribution is 2.04. The molecule has 0 fully saturated rings. The van der Waals surface area contributed by atoms with Crippen LogP contribution in [-0.2, 0) is 9.53 Å². The minimum atomic E-state index is -0.591. The van der Waals surface area contributed by atoms with Crippen molar-refractivity contribution in [3.05, 3.63) is 18.1 Å². The van der Waals surface area contributed by atoms with Crippen molar-refractivity contribution in [1.29, 1.82) is 0 Å². The van der Waals surface area contributed by atoms with Crippen LogP contribution in [0.1, 0.15) is 17.4 Å². The van der Waals surface area contributed by atoms with Crippen molar-refractivity contribution < 1.29 is 19.1 Å². The van der Waals surface area contributed by atoms with Crippen molar-refractivity contribution in [3.8, 4) is 5.88 Å². The van der Waals surface area contributed by atoms with Crippen LogP contribution in [0.25, 0.3) is 0 Å². The fourth-order valence-corrected chi connectivity index (χ4v) is 0.726. The van der Waals surface area contributed by atoms with E-state index in [2.05, 4.69) is 19.4 Å². The fraction of sp³-hybridized carbons (Fsp3) is 0.250. The molecule has 0 radical (unpaired) electrons. The predicted molar refractivity (Wildman–Crippen MR) is 44.7 cm³/mol. The molecule has 1 rings (SSSR count). The van der Waals surface area contributed by atoms with Gasteiger partial charge in [-0.25, -0.2) is 14.8 Å². The zero-order chi connectivity index (χ0) is 10.6. The number of carbonyl (C=O) groups excluding carboxylic acids is 2. The van der Waals surface area contributed by atoms with Crippen molar-refractivity contribution in [2.24, 2.45) is 0 Å². The summed E-state index contributed by atoms with van der Waals surface area (Å²) in [6.45, 7) is 1.25. The lowest BCUT2D eigenvalue weighted by molar-refractivity contribution is -0.132. The summed E-state index contributed by atoms with van der Waals surface area (Å²) >= 11 is 0. The summed E-state index contributed by atoms with van der Waals surface area (Å²) in [5.74, 6) is -1.04. The Bertz CT molecular complexity index is 347. The third kappa shape index (κ3) is 2.51. The highest BCUT2D eigenvalue weighted by atomic mass is 16.5. The Kier molecular flexibility index (Phi) is 3.11. The highest BCUT2D eigenvalue weighted by molar-refractivity contribution is 5.86. The number of ether oxygens (including phenoxy) is 2. The number of hydrogen-bond acceptors (Lipinski definition) is 6. The first-order valence-corrected chi connectivity index (χ1v) is 3.72. The van der Waals surface area contributed by atoms with E-state index in [-0.39, 0.29) is 11.6 Å². The highest BCUT2D eigenvalue weighted by Gasteiger charge is 2.08. The van der Waals surface area contributed by atoms with Crippen LogP contribution in [0.5, 0.6) is 5.88 Å². The minimum absolute atomic E-state index is 0.0464. The molecule has 0 amide bonds. The topological polar surface area (TPSA) is 78.4 Å². The molecule has 0 unspecified atom stereocenters. The summed E-state index contributed by atoms with van der Waals surface area (Å²) < 4.78 is 9.03. The molecular formula is C8H8N2O4. The van der Waals surface area contributed by atoms with Crippen molar-refractivity contribution in [2.75, 3.05) is 7.11 Å². The van der Waals surface area contributed by atoms with Crippen LogP contribution in [0.4, 0.5) is 0 Å². The maximum atomic E-state index is 10.9. The standard InChI is InChI=1S/C8H8N2O4/c1-5(11)14-7-4-9-6(3-10-7)8(12)13-2/h3-4H,1-2H3. The molecule has 0 saturated carbocycles. The van der Waals surface area contributed by atoms with Crippen LogP contribution in [0.3, 0.4) is 0 Å². The molecule has 1 aromatic heterocycles. The van der Waals surface area contributed by atoms with Crippen LogP contribution < -0.4 is 4.74 Å². The lowest BCUT2D eigenvalue weighted by atomic mass is 10.4. The first kappa shape index (κ1) is 10.1. The van der Waals surface area contributed by atoms with E-state index < -0.39 is 11.9 Å². The van der Waals surface area contributed by atoms with Gasteiger partial charge in [-0.15, -0.1) is 0 Å². The van der Waals surface area contributed by atoms with E-state index in [1.165, 1.54) is 26.4 Å². The summed E-state index contributed by atoms with van der Waals surface area (Å²) in [6, 6.07) is 0. The van der Waals surface area contributed by atoms with Crippen molar-refractivity contribution >= 4 is 11.9 Å². The normalized spacial score (nSPS) is 9.29. The van der Waals surface area contributed by atoms with Gasteiger partial charge in [0, 0.05) is 6.92 Å². The Balaban J connectivity index is 2.78. The first-order valence-electron chi connectivity index (χ1n) is 3.72. The van der Waals surface area contributed by atoms with Crippen LogP contribution in [-0.4, -0.2) is 29.0 Å². The van der Waals surface area contributed by atoms with Gasteiger partial charge in [-0.1, -0.05) is 0 Å². The smallest absolute Gasteiger partial charge is 0.358 e. The van der Waals surface area contributed by atoms with E-state index >= 15 is 0 Å². The summed E-state index contributed by atoms with van der Waals surface area (Å²) in [5, 5.41) is 0. The molecule has 6 heteroatoms. The van der Waals surface area contributed by atoms with Crippen molar-refractivity contribution in [1.82, 2.24) is 9.97 Å². The number of rotatable bonds is 2.